The first-order valence-corrected chi connectivity index (χ1v) is 9.36. The molecule has 1 aliphatic heterocycles. The van der Waals surface area contributed by atoms with E-state index in [0.29, 0.717) is 41.5 Å². The predicted octanol–water partition coefficient (Wildman–Crippen LogP) is 2.79. The Morgan fingerprint density at radius 2 is 2.11 bits per heavy atom. The van der Waals surface area contributed by atoms with Crippen LogP contribution in [-0.4, -0.2) is 25.4 Å². The van der Waals surface area contributed by atoms with Gasteiger partial charge in [-0.25, -0.2) is 0 Å². The highest BCUT2D eigenvalue weighted by molar-refractivity contribution is 9.10. The van der Waals surface area contributed by atoms with Gasteiger partial charge in [0.2, 0.25) is 5.88 Å². The van der Waals surface area contributed by atoms with Crippen molar-refractivity contribution in [3.63, 3.8) is 0 Å². The molecule has 0 fully saturated rings. The molecule has 0 bridgehead atoms. The monoisotopic (exact) mass is 445 g/mol. The van der Waals surface area contributed by atoms with Gasteiger partial charge in [-0.1, -0.05) is 15.9 Å². The molecule has 2 N–H and O–H groups in total. The summed E-state index contributed by atoms with van der Waals surface area (Å²) in [6.45, 7) is 2.58. The second-order valence-electron chi connectivity index (χ2n) is 6.32. The van der Waals surface area contributed by atoms with Crippen LogP contribution >= 0.6 is 15.9 Å². The summed E-state index contributed by atoms with van der Waals surface area (Å²) in [4.78, 5) is 13.4. The lowest BCUT2D eigenvalue weighted by Gasteiger charge is -2.28. The van der Waals surface area contributed by atoms with Crippen LogP contribution in [0.5, 0.6) is 11.5 Å². The van der Waals surface area contributed by atoms with Gasteiger partial charge in [0.05, 0.1) is 25.2 Å². The molecule has 1 aliphatic rings. The first kappa shape index (κ1) is 20.0. The molecule has 1 aromatic heterocycles. The highest BCUT2D eigenvalue weighted by atomic mass is 79.9. The Labute approximate surface area is 171 Å². The number of rotatable bonds is 5. The van der Waals surface area contributed by atoms with Crippen molar-refractivity contribution in [1.29, 1.82) is 5.26 Å². The SMILES string of the molecule is COCCn1c(C)cc2c(c1=O)C(c1cc(Br)ccc1OC)C(C#N)=C(N)O2. The van der Waals surface area contributed by atoms with Crippen LogP contribution in [0, 0.1) is 18.3 Å². The molecule has 0 radical (unpaired) electrons. The van der Waals surface area contributed by atoms with E-state index in [9.17, 15) is 10.1 Å². The highest BCUT2D eigenvalue weighted by Crippen LogP contribution is 2.44. The topological polar surface area (TPSA) is 99.5 Å². The number of ether oxygens (including phenoxy) is 3. The van der Waals surface area contributed by atoms with E-state index in [0.717, 1.165) is 4.47 Å². The Balaban J connectivity index is 2.33. The van der Waals surface area contributed by atoms with Crippen LogP contribution in [0.1, 0.15) is 22.7 Å². The zero-order valence-electron chi connectivity index (χ0n) is 15.8. The van der Waals surface area contributed by atoms with Gasteiger partial charge in [-0.15, -0.1) is 0 Å². The van der Waals surface area contributed by atoms with Crippen molar-refractivity contribution in [3.8, 4) is 17.6 Å². The number of methoxy groups -OCH3 is 2. The fourth-order valence-corrected chi connectivity index (χ4v) is 3.77. The van der Waals surface area contributed by atoms with Crippen LogP contribution in [0.3, 0.4) is 0 Å². The van der Waals surface area contributed by atoms with Crippen molar-refractivity contribution in [3.05, 3.63) is 67.4 Å². The molecule has 2 heterocycles. The van der Waals surface area contributed by atoms with Gasteiger partial charge in [0.15, 0.2) is 0 Å². The second kappa shape index (κ2) is 8.09. The maximum Gasteiger partial charge on any atom is 0.258 e. The summed E-state index contributed by atoms with van der Waals surface area (Å²) in [6, 6.07) is 9.28. The first-order valence-electron chi connectivity index (χ1n) is 8.57. The van der Waals surface area contributed by atoms with E-state index in [1.165, 1.54) is 7.11 Å². The van der Waals surface area contributed by atoms with E-state index in [-0.39, 0.29) is 17.0 Å². The zero-order valence-corrected chi connectivity index (χ0v) is 17.4. The minimum Gasteiger partial charge on any atom is -0.496 e. The second-order valence-corrected chi connectivity index (χ2v) is 7.24. The third kappa shape index (κ3) is 3.39. The number of nitrogens with two attached hydrogens (primary N) is 1. The summed E-state index contributed by atoms with van der Waals surface area (Å²) in [5.74, 6) is 0.170. The quantitative estimate of drug-likeness (QED) is 0.759. The number of fused-ring (bicyclic) bond motifs is 1. The molecular weight excluding hydrogens is 426 g/mol. The lowest BCUT2D eigenvalue weighted by Crippen LogP contribution is -2.33. The van der Waals surface area contributed by atoms with Gasteiger partial charge < -0.3 is 24.5 Å². The smallest absolute Gasteiger partial charge is 0.258 e. The Kier molecular flexibility index (Phi) is 5.77. The Bertz CT molecular complexity index is 1050. The molecule has 1 atom stereocenters. The average molecular weight is 446 g/mol. The molecule has 0 saturated heterocycles. The zero-order chi connectivity index (χ0) is 20.4. The van der Waals surface area contributed by atoms with Gasteiger partial charge in [-0.3, -0.25) is 4.79 Å². The molecule has 28 heavy (non-hydrogen) atoms. The van der Waals surface area contributed by atoms with Crippen molar-refractivity contribution in [2.24, 2.45) is 5.73 Å². The largest absolute Gasteiger partial charge is 0.496 e. The number of halogens is 1. The predicted molar refractivity (Wildman–Crippen MR) is 107 cm³/mol. The van der Waals surface area contributed by atoms with Crippen molar-refractivity contribution in [1.82, 2.24) is 4.57 Å². The summed E-state index contributed by atoms with van der Waals surface area (Å²) >= 11 is 3.45. The van der Waals surface area contributed by atoms with Crippen LogP contribution in [0.4, 0.5) is 0 Å². The molecular formula is C20H20BrN3O4. The maximum absolute atomic E-state index is 13.4. The van der Waals surface area contributed by atoms with Gasteiger partial charge >= 0.3 is 0 Å². The minimum absolute atomic E-state index is 0.0181. The van der Waals surface area contributed by atoms with Crippen molar-refractivity contribution >= 4 is 15.9 Å². The standard InChI is InChI=1S/C20H20BrN3O4/c1-11-8-16-18(20(25)24(11)6-7-26-2)17(14(10-22)19(23)28-16)13-9-12(21)4-5-15(13)27-3/h4-5,8-9,17H,6-7,23H2,1-3H3. The molecule has 146 valence electrons. The van der Waals surface area contributed by atoms with Crippen molar-refractivity contribution in [2.45, 2.75) is 19.4 Å². The van der Waals surface area contributed by atoms with E-state index in [1.54, 1.807) is 23.8 Å². The van der Waals surface area contributed by atoms with E-state index >= 15 is 0 Å². The van der Waals surface area contributed by atoms with Crippen LogP contribution < -0.4 is 20.8 Å². The molecule has 1 unspecified atom stereocenters. The van der Waals surface area contributed by atoms with Crippen molar-refractivity contribution in [2.75, 3.05) is 20.8 Å². The normalized spacial score (nSPS) is 15.6. The van der Waals surface area contributed by atoms with Crippen LogP contribution in [0.25, 0.3) is 0 Å². The van der Waals surface area contributed by atoms with Crippen LogP contribution in [0.15, 0.2) is 45.0 Å². The van der Waals surface area contributed by atoms with Gasteiger partial charge in [0, 0.05) is 35.5 Å². The number of hydrogen-bond donors (Lipinski definition) is 1. The molecule has 2 aromatic rings. The molecule has 7 nitrogen and oxygen atoms in total. The fourth-order valence-electron chi connectivity index (χ4n) is 3.39. The maximum atomic E-state index is 13.4. The molecule has 3 rings (SSSR count). The molecule has 0 saturated carbocycles. The Morgan fingerprint density at radius 3 is 2.75 bits per heavy atom. The number of hydrogen-bond acceptors (Lipinski definition) is 6. The first-order chi connectivity index (χ1) is 13.4. The summed E-state index contributed by atoms with van der Waals surface area (Å²) in [6.07, 6.45) is 0. The number of nitriles is 1. The minimum atomic E-state index is -0.705. The molecule has 0 amide bonds. The van der Waals surface area contributed by atoms with E-state index in [1.807, 2.05) is 19.1 Å². The Morgan fingerprint density at radius 1 is 1.36 bits per heavy atom. The van der Waals surface area contributed by atoms with Gasteiger partial charge in [-0.2, -0.15) is 5.26 Å². The molecule has 0 aliphatic carbocycles. The van der Waals surface area contributed by atoms with Gasteiger partial charge in [-0.05, 0) is 25.1 Å². The van der Waals surface area contributed by atoms with Gasteiger partial charge in [0.1, 0.15) is 23.1 Å². The number of benzene rings is 1. The number of pyridine rings is 1. The van der Waals surface area contributed by atoms with E-state index < -0.39 is 5.92 Å². The fraction of sp³-hybridized carbons (Fsp3) is 0.300. The summed E-state index contributed by atoms with van der Waals surface area (Å²) < 4.78 is 18.7. The number of nitrogens with zero attached hydrogens (tertiary/aromatic N) is 2. The van der Waals surface area contributed by atoms with Gasteiger partial charge in [0.25, 0.3) is 5.56 Å². The van der Waals surface area contributed by atoms with Crippen LogP contribution in [-0.2, 0) is 11.3 Å². The van der Waals surface area contributed by atoms with E-state index in [4.69, 9.17) is 19.9 Å². The lowest BCUT2D eigenvalue weighted by molar-refractivity contribution is 0.185. The molecule has 0 spiro atoms. The summed E-state index contributed by atoms with van der Waals surface area (Å²) in [5.41, 5.74) is 7.67. The van der Waals surface area contributed by atoms with E-state index in [2.05, 4.69) is 22.0 Å². The highest BCUT2D eigenvalue weighted by Gasteiger charge is 2.36. The number of aryl methyl sites for hydroxylation is 1. The molecule has 8 heteroatoms. The Hall–Kier alpha value is -2.76. The summed E-state index contributed by atoms with van der Waals surface area (Å²) in [5, 5.41) is 9.76. The third-order valence-electron chi connectivity index (χ3n) is 4.71. The molecule has 1 aromatic carbocycles. The third-order valence-corrected chi connectivity index (χ3v) is 5.20. The number of aromatic nitrogens is 1. The van der Waals surface area contributed by atoms with Crippen LogP contribution in [0.2, 0.25) is 0 Å². The lowest BCUT2D eigenvalue weighted by atomic mass is 9.83. The summed E-state index contributed by atoms with van der Waals surface area (Å²) in [7, 11) is 3.12. The average Bonchev–Trinajstić information content (AvgIpc) is 2.66. The number of allylic oxidation sites excluding steroid dienone is 1. The van der Waals surface area contributed by atoms with Crippen molar-refractivity contribution < 1.29 is 14.2 Å².